The van der Waals surface area contributed by atoms with Gasteiger partial charge in [-0.05, 0) is 50.1 Å². The van der Waals surface area contributed by atoms with Gasteiger partial charge in [-0.3, -0.25) is 10.3 Å². The summed E-state index contributed by atoms with van der Waals surface area (Å²) in [6, 6.07) is 8.74. The Balaban J connectivity index is 0.000000232. The van der Waals surface area contributed by atoms with Crippen molar-refractivity contribution in [3.05, 3.63) is 63.1 Å². The zero-order valence-corrected chi connectivity index (χ0v) is 17.6. The number of aryl methyl sites for hydroxylation is 1. The van der Waals surface area contributed by atoms with Crippen molar-refractivity contribution >= 4 is 34.8 Å². The fourth-order valence-corrected chi connectivity index (χ4v) is 3.24. The monoisotopic (exact) mass is 464 g/mol. The number of hydrogen-bond donors (Lipinski definition) is 2. The van der Waals surface area contributed by atoms with Crippen molar-refractivity contribution in [3.8, 4) is 0 Å². The largest absolute Gasteiger partial charge is 0.417 e. The molecule has 1 heterocycles. The van der Waals surface area contributed by atoms with Crippen molar-refractivity contribution in [2.75, 3.05) is 25.4 Å². The first-order valence-electron chi connectivity index (χ1n) is 9.04. The van der Waals surface area contributed by atoms with Gasteiger partial charge < -0.3 is 10.0 Å². The number of aliphatic hydroxyl groups excluding tert-OH is 1. The molecule has 1 aliphatic rings. The van der Waals surface area contributed by atoms with Crippen LogP contribution in [0.3, 0.4) is 0 Å². The van der Waals surface area contributed by atoms with Gasteiger partial charge in [0.1, 0.15) is 0 Å². The number of hydrogen-bond acceptors (Lipinski definition) is 4. The number of amides is 1. The van der Waals surface area contributed by atoms with Gasteiger partial charge in [0.25, 0.3) is 5.91 Å². The molecule has 30 heavy (non-hydrogen) atoms. The molecule has 1 aliphatic heterocycles. The van der Waals surface area contributed by atoms with Crippen molar-refractivity contribution < 1.29 is 27.9 Å². The minimum Gasteiger partial charge on any atom is -0.368 e. The maximum absolute atomic E-state index is 12.3. The van der Waals surface area contributed by atoms with Crippen LogP contribution in [0.2, 0.25) is 10.0 Å². The van der Waals surface area contributed by atoms with Gasteiger partial charge in [0.2, 0.25) is 0 Å². The molecule has 1 saturated heterocycles. The third kappa shape index (κ3) is 6.77. The van der Waals surface area contributed by atoms with Crippen LogP contribution in [0.1, 0.15) is 34.3 Å². The molecular weight excluding hydrogens is 444 g/mol. The first-order valence-corrected chi connectivity index (χ1v) is 9.80. The summed E-state index contributed by atoms with van der Waals surface area (Å²) in [6.07, 6.45) is -2.28. The van der Waals surface area contributed by atoms with Gasteiger partial charge in [0, 0.05) is 18.1 Å². The Morgan fingerprint density at radius 1 is 1.17 bits per heavy atom. The Morgan fingerprint density at radius 3 is 2.40 bits per heavy atom. The van der Waals surface area contributed by atoms with Gasteiger partial charge >= 0.3 is 6.18 Å². The Morgan fingerprint density at radius 2 is 1.83 bits per heavy atom. The van der Waals surface area contributed by atoms with Crippen LogP contribution in [0.15, 0.2) is 36.4 Å². The van der Waals surface area contributed by atoms with E-state index in [1.165, 1.54) is 12.1 Å². The molecule has 2 aromatic rings. The lowest BCUT2D eigenvalue weighted by Gasteiger charge is -2.18. The van der Waals surface area contributed by atoms with Gasteiger partial charge in [-0.1, -0.05) is 34.8 Å². The van der Waals surface area contributed by atoms with Crippen molar-refractivity contribution in [1.82, 2.24) is 4.90 Å². The molecule has 0 atom stereocenters. The molecule has 2 N–H and O–H groups in total. The Hall–Kier alpha value is -2.00. The number of nitrogens with one attached hydrogen (secondary N) is 1. The number of aliphatic hydroxyl groups is 1. The summed E-state index contributed by atoms with van der Waals surface area (Å²) in [7, 11) is 0. The number of halogens is 5. The van der Waals surface area contributed by atoms with E-state index in [4.69, 9.17) is 33.1 Å². The van der Waals surface area contributed by atoms with E-state index in [2.05, 4.69) is 5.48 Å². The third-order valence-electron chi connectivity index (χ3n) is 4.28. The second kappa shape index (κ2) is 10.9. The van der Waals surface area contributed by atoms with E-state index in [9.17, 15) is 18.0 Å². The predicted octanol–water partition coefficient (Wildman–Crippen LogP) is 5.54. The van der Waals surface area contributed by atoms with Gasteiger partial charge in [0.15, 0.2) is 6.79 Å². The summed E-state index contributed by atoms with van der Waals surface area (Å²) in [6.45, 7) is 2.67. The Labute approximate surface area is 182 Å². The number of carbonyl (C=O) groups is 1. The van der Waals surface area contributed by atoms with E-state index in [1.54, 1.807) is 30.0 Å². The second-order valence-electron chi connectivity index (χ2n) is 6.55. The predicted molar refractivity (Wildman–Crippen MR) is 110 cm³/mol. The van der Waals surface area contributed by atoms with Crippen LogP contribution in [0.4, 0.5) is 18.9 Å². The zero-order chi connectivity index (χ0) is 22.3. The van der Waals surface area contributed by atoms with Crippen molar-refractivity contribution in [3.63, 3.8) is 0 Å². The lowest BCUT2D eigenvalue weighted by molar-refractivity contribution is -0.137. The number of carbonyl (C=O) groups excluding carboxylic acids is 1. The van der Waals surface area contributed by atoms with E-state index >= 15 is 0 Å². The van der Waals surface area contributed by atoms with Crippen LogP contribution >= 0.6 is 23.2 Å². The zero-order valence-electron chi connectivity index (χ0n) is 16.1. The van der Waals surface area contributed by atoms with Gasteiger partial charge in [-0.15, -0.1) is 0 Å². The molecule has 0 aromatic heterocycles. The average molecular weight is 465 g/mol. The van der Waals surface area contributed by atoms with E-state index in [-0.39, 0.29) is 10.9 Å². The van der Waals surface area contributed by atoms with E-state index in [1.807, 2.05) is 0 Å². The van der Waals surface area contributed by atoms with Crippen molar-refractivity contribution in [2.24, 2.45) is 0 Å². The molecule has 2 aromatic carbocycles. The number of alkyl halides is 3. The van der Waals surface area contributed by atoms with Crippen LogP contribution in [0.5, 0.6) is 0 Å². The van der Waals surface area contributed by atoms with E-state index in [0.717, 1.165) is 32.0 Å². The molecule has 3 rings (SSSR count). The quantitative estimate of drug-likeness (QED) is 0.460. The molecule has 0 aliphatic carbocycles. The van der Waals surface area contributed by atoms with E-state index in [0.29, 0.717) is 21.8 Å². The number of rotatable bonds is 4. The summed E-state index contributed by atoms with van der Waals surface area (Å²) in [5.74, 6) is -0.0480. The minimum atomic E-state index is -4.36. The van der Waals surface area contributed by atoms with E-state index < -0.39 is 18.5 Å². The number of nitrogens with zero attached hydrogens (tertiary/aromatic N) is 1. The summed E-state index contributed by atoms with van der Waals surface area (Å²) >= 11 is 11.2. The summed E-state index contributed by atoms with van der Waals surface area (Å²) in [5, 5.41) is 8.87. The van der Waals surface area contributed by atoms with Gasteiger partial charge in [0.05, 0.1) is 21.8 Å². The van der Waals surface area contributed by atoms with Crippen LogP contribution in [0, 0.1) is 6.92 Å². The highest BCUT2D eigenvalue weighted by Crippen LogP contribution is 2.34. The topological polar surface area (TPSA) is 61.8 Å². The molecule has 0 radical (unpaired) electrons. The molecule has 1 fully saturated rings. The van der Waals surface area contributed by atoms with Crippen LogP contribution in [-0.2, 0) is 11.0 Å². The fourth-order valence-electron chi connectivity index (χ4n) is 2.84. The molecule has 164 valence electrons. The maximum atomic E-state index is 12.3. The Bertz CT molecular complexity index is 873. The maximum Gasteiger partial charge on any atom is 0.417 e. The first kappa shape index (κ1) is 24.3. The number of likely N-dealkylation sites (tertiary alicyclic amines) is 1. The summed E-state index contributed by atoms with van der Waals surface area (Å²) in [4.78, 5) is 18.8. The fraction of sp³-hybridized carbons (Fsp3) is 0.350. The number of benzene rings is 2. The highest BCUT2D eigenvalue weighted by Gasteiger charge is 2.32. The van der Waals surface area contributed by atoms with Crippen molar-refractivity contribution in [2.45, 2.75) is 25.9 Å². The lowest BCUT2D eigenvalue weighted by atomic mass is 10.1. The molecule has 0 unspecified atom stereocenters. The average Bonchev–Trinajstić information content (AvgIpc) is 3.22. The summed E-state index contributed by atoms with van der Waals surface area (Å²) < 4.78 is 36.4. The Kier molecular flexibility index (Phi) is 8.78. The number of anilines is 1. The highest BCUT2D eigenvalue weighted by atomic mass is 35.5. The molecule has 5 nitrogen and oxygen atoms in total. The molecule has 0 saturated carbocycles. The highest BCUT2D eigenvalue weighted by molar-refractivity contribution is 6.31. The van der Waals surface area contributed by atoms with Crippen LogP contribution < -0.4 is 5.48 Å². The van der Waals surface area contributed by atoms with Gasteiger partial charge in [-0.25, -0.2) is 4.84 Å². The van der Waals surface area contributed by atoms with Gasteiger partial charge in [-0.2, -0.15) is 13.2 Å². The lowest BCUT2D eigenvalue weighted by Crippen LogP contribution is -2.28. The normalized spacial score (nSPS) is 13.6. The summed E-state index contributed by atoms with van der Waals surface area (Å²) in [5.41, 5.74) is 3.26. The second-order valence-corrected chi connectivity index (χ2v) is 7.39. The smallest absolute Gasteiger partial charge is 0.368 e. The third-order valence-corrected chi connectivity index (χ3v) is 4.84. The minimum absolute atomic E-state index is 0.0480. The first-order chi connectivity index (χ1) is 14.1. The molecule has 10 heteroatoms. The SMILES string of the molecule is Cc1ccc(Cl)c(C(F)(F)F)c1.O=C(c1ccc(Cl)cc1NOCO)N1CCCC1. The molecule has 1 amide bonds. The van der Waals surface area contributed by atoms with Crippen LogP contribution in [0.25, 0.3) is 0 Å². The molecule has 0 spiro atoms. The molecule has 0 bridgehead atoms. The van der Waals surface area contributed by atoms with Crippen molar-refractivity contribution in [1.29, 1.82) is 0 Å². The van der Waals surface area contributed by atoms with Crippen LogP contribution in [-0.4, -0.2) is 35.8 Å². The molecular formula is C20H21Cl2F3N2O3. The standard InChI is InChI=1S/C12H15ClN2O3.C8H6ClF3/c13-9-3-4-10(11(7-9)14-18-8-16)12(17)15-5-1-2-6-15;1-5-2-3-7(9)6(4-5)8(10,11)12/h3-4,7,14,16H,1-2,5-6,8H2;2-4H,1H3.